The Hall–Kier alpha value is -3.64. The average molecular weight is 455 g/mol. The predicted octanol–water partition coefficient (Wildman–Crippen LogP) is 5.58. The summed E-state index contributed by atoms with van der Waals surface area (Å²) in [6.07, 6.45) is 3.86. The number of anilines is 1. The molecule has 1 aromatic heterocycles. The van der Waals surface area contributed by atoms with Crippen molar-refractivity contribution in [3.8, 4) is 11.4 Å². The fraction of sp³-hybridized carbons (Fsp3) is 0.286. The molecule has 5 rings (SSSR count). The zero-order valence-electron chi connectivity index (χ0n) is 19.8. The first kappa shape index (κ1) is 22.2. The normalized spacial score (nSPS) is 14.3. The van der Waals surface area contributed by atoms with Crippen LogP contribution in [0, 0.1) is 6.92 Å². The van der Waals surface area contributed by atoms with Gasteiger partial charge in [0.05, 0.1) is 23.8 Å². The molecule has 1 aliphatic heterocycles. The van der Waals surface area contributed by atoms with Gasteiger partial charge in [-0.2, -0.15) is 0 Å². The number of benzene rings is 3. The SMILES string of the molecule is COc1cccc(-n2c(NC(=O)c3cccc(C)c3)nc3cc(CN4CCCCC4)ccc32)c1. The number of carbonyl (C=O) groups is 1. The summed E-state index contributed by atoms with van der Waals surface area (Å²) < 4.78 is 7.43. The highest BCUT2D eigenvalue weighted by atomic mass is 16.5. The van der Waals surface area contributed by atoms with Gasteiger partial charge >= 0.3 is 0 Å². The van der Waals surface area contributed by atoms with Gasteiger partial charge in [-0.1, -0.05) is 36.2 Å². The van der Waals surface area contributed by atoms with E-state index in [1.54, 1.807) is 7.11 Å². The third-order valence-corrected chi connectivity index (χ3v) is 6.39. The molecule has 1 aliphatic rings. The first-order chi connectivity index (χ1) is 16.6. The quantitative estimate of drug-likeness (QED) is 0.413. The third kappa shape index (κ3) is 4.68. The van der Waals surface area contributed by atoms with Gasteiger partial charge < -0.3 is 4.74 Å². The van der Waals surface area contributed by atoms with E-state index in [-0.39, 0.29) is 5.91 Å². The summed E-state index contributed by atoms with van der Waals surface area (Å²) >= 11 is 0. The van der Waals surface area contributed by atoms with Crippen LogP contribution in [-0.2, 0) is 6.54 Å². The summed E-state index contributed by atoms with van der Waals surface area (Å²) in [4.78, 5) is 20.4. The number of rotatable bonds is 6. The molecule has 0 bridgehead atoms. The largest absolute Gasteiger partial charge is 0.497 e. The van der Waals surface area contributed by atoms with Crippen molar-refractivity contribution in [2.24, 2.45) is 0 Å². The van der Waals surface area contributed by atoms with Crippen LogP contribution in [0.4, 0.5) is 5.95 Å². The number of aromatic nitrogens is 2. The van der Waals surface area contributed by atoms with Crippen LogP contribution in [0.2, 0.25) is 0 Å². The molecule has 1 fully saturated rings. The molecule has 34 heavy (non-hydrogen) atoms. The molecule has 0 radical (unpaired) electrons. The van der Waals surface area contributed by atoms with Crippen molar-refractivity contribution in [2.45, 2.75) is 32.7 Å². The van der Waals surface area contributed by atoms with E-state index in [9.17, 15) is 4.79 Å². The van der Waals surface area contributed by atoms with Gasteiger partial charge in [-0.3, -0.25) is 19.6 Å². The van der Waals surface area contributed by atoms with Gasteiger partial charge in [-0.15, -0.1) is 0 Å². The molecule has 2 heterocycles. The number of hydrogen-bond acceptors (Lipinski definition) is 4. The van der Waals surface area contributed by atoms with Crippen molar-refractivity contribution in [2.75, 3.05) is 25.5 Å². The summed E-state index contributed by atoms with van der Waals surface area (Å²) in [6.45, 7) is 5.20. The lowest BCUT2D eigenvalue weighted by atomic mass is 10.1. The third-order valence-electron chi connectivity index (χ3n) is 6.39. The highest BCUT2D eigenvalue weighted by Crippen LogP contribution is 2.28. The summed E-state index contributed by atoms with van der Waals surface area (Å²) in [7, 11) is 1.65. The Bertz CT molecular complexity index is 1320. The van der Waals surface area contributed by atoms with E-state index in [0.717, 1.165) is 47.7 Å². The first-order valence-electron chi connectivity index (χ1n) is 11.9. The standard InChI is InChI=1S/C28H30N4O2/c1-20-8-6-9-22(16-20)27(33)30-28-29-25-17-21(19-31-14-4-3-5-15-31)12-13-26(25)32(28)23-10-7-11-24(18-23)34-2/h6-13,16-18H,3-5,14-15,19H2,1-2H3,(H,29,30,33). The molecule has 174 valence electrons. The van der Waals surface area contributed by atoms with E-state index in [0.29, 0.717) is 11.5 Å². The summed E-state index contributed by atoms with van der Waals surface area (Å²) in [6, 6.07) is 21.8. The van der Waals surface area contributed by atoms with E-state index >= 15 is 0 Å². The Morgan fingerprint density at radius 2 is 1.82 bits per heavy atom. The number of piperidine rings is 1. The lowest BCUT2D eigenvalue weighted by Gasteiger charge is -2.26. The Morgan fingerprint density at radius 1 is 1.00 bits per heavy atom. The van der Waals surface area contributed by atoms with Crippen LogP contribution in [0.15, 0.2) is 66.7 Å². The predicted molar refractivity (Wildman–Crippen MR) is 136 cm³/mol. The molecule has 0 atom stereocenters. The molecule has 0 unspecified atom stereocenters. The molecular formula is C28H30N4O2. The van der Waals surface area contributed by atoms with Gasteiger partial charge in [0.25, 0.3) is 5.91 Å². The van der Waals surface area contributed by atoms with Crippen molar-refractivity contribution in [3.05, 3.63) is 83.4 Å². The Balaban J connectivity index is 1.54. The van der Waals surface area contributed by atoms with Crippen LogP contribution >= 0.6 is 0 Å². The molecule has 6 heteroatoms. The monoisotopic (exact) mass is 454 g/mol. The van der Waals surface area contributed by atoms with Crippen LogP contribution in [0.1, 0.15) is 40.7 Å². The Kier molecular flexibility index (Phi) is 6.32. The van der Waals surface area contributed by atoms with E-state index in [2.05, 4.69) is 28.4 Å². The van der Waals surface area contributed by atoms with Crippen molar-refractivity contribution < 1.29 is 9.53 Å². The number of methoxy groups -OCH3 is 1. The van der Waals surface area contributed by atoms with Crippen LogP contribution in [-0.4, -0.2) is 40.6 Å². The second kappa shape index (κ2) is 9.69. The highest BCUT2D eigenvalue weighted by molar-refractivity contribution is 6.04. The van der Waals surface area contributed by atoms with Gasteiger partial charge in [0.15, 0.2) is 0 Å². The fourth-order valence-electron chi connectivity index (χ4n) is 4.65. The highest BCUT2D eigenvalue weighted by Gasteiger charge is 2.18. The number of fused-ring (bicyclic) bond motifs is 1. The number of amides is 1. The van der Waals surface area contributed by atoms with Gasteiger partial charge in [0.1, 0.15) is 5.75 Å². The summed E-state index contributed by atoms with van der Waals surface area (Å²) in [5.74, 6) is 1.05. The van der Waals surface area contributed by atoms with Crippen molar-refractivity contribution in [1.82, 2.24) is 14.5 Å². The Morgan fingerprint density at radius 3 is 2.62 bits per heavy atom. The van der Waals surface area contributed by atoms with Crippen molar-refractivity contribution in [1.29, 1.82) is 0 Å². The second-order valence-electron chi connectivity index (χ2n) is 8.96. The number of nitrogens with one attached hydrogen (secondary N) is 1. The van der Waals surface area contributed by atoms with Crippen LogP contribution < -0.4 is 10.1 Å². The van der Waals surface area contributed by atoms with Gasteiger partial charge in [0.2, 0.25) is 5.95 Å². The number of imidazole rings is 1. The first-order valence-corrected chi connectivity index (χ1v) is 11.9. The van der Waals surface area contributed by atoms with Gasteiger partial charge in [-0.05, 0) is 74.8 Å². The average Bonchev–Trinajstić information content (AvgIpc) is 3.21. The summed E-state index contributed by atoms with van der Waals surface area (Å²) in [5, 5.41) is 3.04. The van der Waals surface area contributed by atoms with Gasteiger partial charge in [0, 0.05) is 18.2 Å². The molecular weight excluding hydrogens is 424 g/mol. The maximum absolute atomic E-state index is 13.1. The zero-order valence-corrected chi connectivity index (χ0v) is 19.8. The topological polar surface area (TPSA) is 59.4 Å². The van der Waals surface area contributed by atoms with E-state index in [1.807, 2.05) is 60.0 Å². The smallest absolute Gasteiger partial charge is 0.257 e. The lowest BCUT2D eigenvalue weighted by Crippen LogP contribution is -2.29. The zero-order chi connectivity index (χ0) is 23.5. The molecule has 1 saturated heterocycles. The molecule has 6 nitrogen and oxygen atoms in total. The van der Waals surface area contributed by atoms with Crippen molar-refractivity contribution in [3.63, 3.8) is 0 Å². The molecule has 3 aromatic carbocycles. The Labute approximate surface area is 200 Å². The number of likely N-dealkylation sites (tertiary alicyclic amines) is 1. The van der Waals surface area contributed by atoms with Crippen LogP contribution in [0.25, 0.3) is 16.7 Å². The molecule has 0 saturated carbocycles. The minimum atomic E-state index is -0.184. The second-order valence-corrected chi connectivity index (χ2v) is 8.96. The minimum absolute atomic E-state index is 0.184. The number of ether oxygens (including phenoxy) is 1. The number of hydrogen-bond donors (Lipinski definition) is 1. The van der Waals surface area contributed by atoms with E-state index < -0.39 is 0 Å². The van der Waals surface area contributed by atoms with Crippen molar-refractivity contribution >= 4 is 22.9 Å². The molecule has 0 spiro atoms. The molecule has 1 amide bonds. The van der Waals surface area contributed by atoms with Gasteiger partial charge in [-0.25, -0.2) is 4.98 Å². The number of carbonyl (C=O) groups excluding carboxylic acids is 1. The number of nitrogens with zero attached hydrogens (tertiary/aromatic N) is 3. The van der Waals surface area contributed by atoms with E-state index in [4.69, 9.17) is 9.72 Å². The maximum atomic E-state index is 13.1. The number of aryl methyl sites for hydroxylation is 1. The summed E-state index contributed by atoms with van der Waals surface area (Å²) in [5.41, 5.74) is 5.56. The van der Waals surface area contributed by atoms with Crippen LogP contribution in [0.5, 0.6) is 5.75 Å². The fourth-order valence-corrected chi connectivity index (χ4v) is 4.65. The van der Waals surface area contributed by atoms with E-state index in [1.165, 1.54) is 24.8 Å². The molecule has 4 aromatic rings. The molecule has 1 N–H and O–H groups in total. The minimum Gasteiger partial charge on any atom is -0.497 e. The lowest BCUT2D eigenvalue weighted by molar-refractivity contribution is 0.102. The van der Waals surface area contributed by atoms with Crippen LogP contribution in [0.3, 0.4) is 0 Å². The molecule has 0 aliphatic carbocycles. The maximum Gasteiger partial charge on any atom is 0.257 e.